The van der Waals surface area contributed by atoms with Crippen LogP contribution in [0.25, 0.3) is 11.3 Å². The second-order valence-corrected chi connectivity index (χ2v) is 12.0. The number of nitrogens with zero attached hydrogens (tertiary/aromatic N) is 2. The normalized spacial score (nSPS) is 16.6. The van der Waals surface area contributed by atoms with Crippen LogP contribution in [0.4, 0.5) is 0 Å². The lowest BCUT2D eigenvalue weighted by Crippen LogP contribution is -2.24. The molecular formula is C19H18BrClN2O2S3. The fourth-order valence-electron chi connectivity index (χ4n) is 3.49. The highest BCUT2D eigenvalue weighted by Gasteiger charge is 2.22. The topological polar surface area (TPSA) is 51.4 Å². The number of sulfonamides is 1. The van der Waals surface area contributed by atoms with Gasteiger partial charge in [-0.15, -0.1) is 27.1 Å². The van der Waals surface area contributed by atoms with Crippen molar-refractivity contribution in [3.05, 3.63) is 55.4 Å². The minimum absolute atomic E-state index is 0.172. The summed E-state index contributed by atoms with van der Waals surface area (Å²) in [4.78, 5) is 0.523. The van der Waals surface area contributed by atoms with Crippen LogP contribution in [-0.2, 0) is 10.0 Å². The third kappa shape index (κ3) is 4.31. The molecule has 1 aromatic carbocycles. The highest BCUT2D eigenvalue weighted by Crippen LogP contribution is 2.33. The van der Waals surface area contributed by atoms with E-state index in [9.17, 15) is 8.42 Å². The van der Waals surface area contributed by atoms with E-state index in [1.165, 1.54) is 23.8 Å². The quantitative estimate of drug-likeness (QED) is 0.397. The molecule has 2 aromatic heterocycles. The Kier molecular flexibility index (Phi) is 6.13. The molecule has 0 radical (unpaired) electrons. The SMILES string of the molecule is O=S(=O)(/N=c1/scc(-c2ccc(Br)cc2)n1C1CCCCC1)c1ccc(Cl)s1. The zero-order valence-electron chi connectivity index (χ0n) is 14.8. The largest absolute Gasteiger partial charge is 0.313 e. The summed E-state index contributed by atoms with van der Waals surface area (Å²) in [6.45, 7) is 0. The van der Waals surface area contributed by atoms with Gasteiger partial charge in [0.1, 0.15) is 4.21 Å². The third-order valence-corrected chi connectivity index (χ3v) is 9.27. The van der Waals surface area contributed by atoms with Gasteiger partial charge in [0, 0.05) is 15.9 Å². The molecule has 0 bridgehead atoms. The molecule has 9 heteroatoms. The Hall–Kier alpha value is -0.930. The van der Waals surface area contributed by atoms with Crippen molar-refractivity contribution in [1.82, 2.24) is 4.57 Å². The Labute approximate surface area is 185 Å². The molecule has 1 aliphatic rings. The fourth-order valence-corrected chi connectivity index (χ4v) is 7.39. The van der Waals surface area contributed by atoms with E-state index in [4.69, 9.17) is 11.6 Å². The van der Waals surface area contributed by atoms with Crippen molar-refractivity contribution in [1.29, 1.82) is 0 Å². The molecular weight excluding hydrogens is 500 g/mol. The van der Waals surface area contributed by atoms with Crippen LogP contribution in [0.1, 0.15) is 38.1 Å². The lowest BCUT2D eigenvalue weighted by molar-refractivity contribution is 0.351. The number of hydrogen-bond donors (Lipinski definition) is 0. The average Bonchev–Trinajstić information content (AvgIpc) is 3.30. The van der Waals surface area contributed by atoms with Gasteiger partial charge >= 0.3 is 0 Å². The fraction of sp³-hybridized carbons (Fsp3) is 0.316. The van der Waals surface area contributed by atoms with Crippen LogP contribution in [0.15, 0.2) is 54.9 Å². The van der Waals surface area contributed by atoms with Crippen molar-refractivity contribution in [2.45, 2.75) is 42.4 Å². The lowest BCUT2D eigenvalue weighted by atomic mass is 9.95. The monoisotopic (exact) mass is 516 g/mol. The maximum Gasteiger partial charge on any atom is 0.294 e. The molecule has 1 fully saturated rings. The Balaban J connectivity index is 1.86. The van der Waals surface area contributed by atoms with E-state index >= 15 is 0 Å². The summed E-state index contributed by atoms with van der Waals surface area (Å²) >= 11 is 11.8. The number of aromatic nitrogens is 1. The maximum atomic E-state index is 12.8. The van der Waals surface area contributed by atoms with Gasteiger partial charge < -0.3 is 4.57 Å². The molecule has 1 saturated carbocycles. The smallest absolute Gasteiger partial charge is 0.294 e. The molecule has 148 valence electrons. The van der Waals surface area contributed by atoms with Crippen molar-refractivity contribution < 1.29 is 8.42 Å². The summed E-state index contributed by atoms with van der Waals surface area (Å²) in [5, 5.41) is 2.01. The summed E-state index contributed by atoms with van der Waals surface area (Å²) in [6.07, 6.45) is 5.62. The van der Waals surface area contributed by atoms with Gasteiger partial charge in [-0.2, -0.15) is 8.42 Å². The van der Waals surface area contributed by atoms with Crippen LogP contribution in [-0.4, -0.2) is 13.0 Å². The summed E-state index contributed by atoms with van der Waals surface area (Å²) in [5.41, 5.74) is 2.07. The van der Waals surface area contributed by atoms with Gasteiger partial charge in [-0.05, 0) is 42.7 Å². The predicted molar refractivity (Wildman–Crippen MR) is 120 cm³/mol. The summed E-state index contributed by atoms with van der Waals surface area (Å²) < 4.78 is 33.6. The molecule has 0 unspecified atom stereocenters. The molecule has 4 rings (SSSR count). The summed E-state index contributed by atoms with van der Waals surface area (Å²) in [7, 11) is -3.79. The average molecular weight is 518 g/mol. The molecule has 0 N–H and O–H groups in total. The molecule has 1 aliphatic carbocycles. The zero-order valence-corrected chi connectivity index (χ0v) is 19.6. The highest BCUT2D eigenvalue weighted by molar-refractivity contribution is 9.10. The minimum Gasteiger partial charge on any atom is -0.313 e. The van der Waals surface area contributed by atoms with E-state index in [-0.39, 0.29) is 10.3 Å². The second kappa shape index (κ2) is 8.44. The van der Waals surface area contributed by atoms with E-state index in [2.05, 4.69) is 24.9 Å². The molecule has 0 saturated heterocycles. The van der Waals surface area contributed by atoms with Gasteiger partial charge in [0.05, 0.1) is 10.0 Å². The van der Waals surface area contributed by atoms with Gasteiger partial charge in [-0.1, -0.05) is 58.9 Å². The van der Waals surface area contributed by atoms with E-state index in [0.29, 0.717) is 9.14 Å². The number of hydrogen-bond acceptors (Lipinski definition) is 4. The molecule has 0 atom stereocenters. The third-order valence-electron chi connectivity index (χ3n) is 4.82. The van der Waals surface area contributed by atoms with Gasteiger partial charge in [-0.3, -0.25) is 0 Å². The molecule has 0 spiro atoms. The van der Waals surface area contributed by atoms with Gasteiger partial charge in [0.25, 0.3) is 10.0 Å². The van der Waals surface area contributed by atoms with Crippen molar-refractivity contribution in [2.24, 2.45) is 4.40 Å². The van der Waals surface area contributed by atoms with Gasteiger partial charge in [0.2, 0.25) is 4.80 Å². The van der Waals surface area contributed by atoms with Crippen LogP contribution in [0.2, 0.25) is 4.34 Å². The van der Waals surface area contributed by atoms with Crippen molar-refractivity contribution >= 4 is 60.2 Å². The highest BCUT2D eigenvalue weighted by atomic mass is 79.9. The standard InChI is InChI=1S/C19H18BrClN2O2S3/c20-14-8-6-13(7-9-14)16-12-26-19(23(16)15-4-2-1-3-5-15)22-28(24,25)18-11-10-17(21)27-18/h6-12,15H,1-5H2/b22-19+. The van der Waals surface area contributed by atoms with Crippen LogP contribution in [0.3, 0.4) is 0 Å². The Morgan fingerprint density at radius 3 is 2.43 bits per heavy atom. The van der Waals surface area contributed by atoms with Gasteiger partial charge in [-0.25, -0.2) is 0 Å². The molecule has 2 heterocycles. The van der Waals surface area contributed by atoms with E-state index < -0.39 is 10.0 Å². The Morgan fingerprint density at radius 1 is 1.07 bits per heavy atom. The van der Waals surface area contributed by atoms with Crippen molar-refractivity contribution in [2.75, 3.05) is 0 Å². The Morgan fingerprint density at radius 2 is 1.79 bits per heavy atom. The summed E-state index contributed by atoms with van der Waals surface area (Å²) in [6, 6.07) is 11.5. The first-order chi connectivity index (χ1) is 13.4. The summed E-state index contributed by atoms with van der Waals surface area (Å²) in [5.74, 6) is 0. The van der Waals surface area contributed by atoms with Crippen LogP contribution >= 0.6 is 50.2 Å². The minimum atomic E-state index is -3.79. The Bertz CT molecular complexity index is 1140. The number of benzene rings is 1. The number of rotatable bonds is 4. The molecule has 28 heavy (non-hydrogen) atoms. The van der Waals surface area contributed by atoms with E-state index in [1.54, 1.807) is 6.07 Å². The molecule has 3 aromatic rings. The van der Waals surface area contributed by atoms with Gasteiger partial charge in [0.15, 0.2) is 0 Å². The van der Waals surface area contributed by atoms with Crippen LogP contribution < -0.4 is 4.80 Å². The number of thiophene rings is 1. The number of thiazole rings is 1. The maximum absolute atomic E-state index is 12.8. The first-order valence-electron chi connectivity index (χ1n) is 8.96. The van der Waals surface area contributed by atoms with E-state index in [1.807, 2.05) is 29.6 Å². The van der Waals surface area contributed by atoms with Crippen molar-refractivity contribution in [3.8, 4) is 11.3 Å². The van der Waals surface area contributed by atoms with Crippen LogP contribution in [0, 0.1) is 0 Å². The second-order valence-electron chi connectivity index (χ2n) is 6.70. The molecule has 0 aliphatic heterocycles. The van der Waals surface area contributed by atoms with Crippen molar-refractivity contribution in [3.63, 3.8) is 0 Å². The van der Waals surface area contributed by atoms with E-state index in [0.717, 1.165) is 52.8 Å². The lowest BCUT2D eigenvalue weighted by Gasteiger charge is -2.25. The predicted octanol–water partition coefficient (Wildman–Crippen LogP) is 6.49. The van der Waals surface area contributed by atoms with Crippen LogP contribution in [0.5, 0.6) is 0 Å². The number of halogens is 2. The zero-order chi connectivity index (χ0) is 19.7. The first-order valence-corrected chi connectivity index (χ1v) is 13.3. The molecule has 0 amide bonds. The first kappa shape index (κ1) is 20.3. The molecule has 4 nitrogen and oxygen atoms in total.